The number of carboxylic acids is 1. The number of rotatable bonds is 4. The van der Waals surface area contributed by atoms with Crippen molar-refractivity contribution in [1.29, 1.82) is 0 Å². The molecule has 0 aromatic heterocycles. The van der Waals surface area contributed by atoms with E-state index in [4.69, 9.17) is 16.7 Å². The van der Waals surface area contributed by atoms with Crippen LogP contribution >= 0.6 is 11.6 Å². The number of aromatic carboxylic acids is 1. The van der Waals surface area contributed by atoms with Gasteiger partial charge >= 0.3 is 5.97 Å². The molecule has 6 nitrogen and oxygen atoms in total. The number of amides is 1. The van der Waals surface area contributed by atoms with Crippen molar-refractivity contribution < 1.29 is 23.1 Å². The van der Waals surface area contributed by atoms with Crippen molar-refractivity contribution >= 4 is 39.0 Å². The highest BCUT2D eigenvalue weighted by molar-refractivity contribution is 7.92. The van der Waals surface area contributed by atoms with Gasteiger partial charge in [-0.2, -0.15) is 0 Å². The first-order valence-corrected chi connectivity index (χ1v) is 7.78. The molecule has 1 rings (SSSR count). The molecule has 1 aromatic carbocycles. The van der Waals surface area contributed by atoms with Gasteiger partial charge in [-0.3, -0.25) is 4.79 Å². The van der Waals surface area contributed by atoms with Crippen molar-refractivity contribution in [3.05, 3.63) is 28.8 Å². The SMILES string of the molecule is CC(C)(C(=O)Nc1c(Cl)cccc1C(=O)O)S(C)(=O)=O. The molecule has 0 aliphatic carbocycles. The third kappa shape index (κ3) is 3.10. The van der Waals surface area contributed by atoms with Crippen molar-refractivity contribution in [1.82, 2.24) is 0 Å². The maximum Gasteiger partial charge on any atom is 0.337 e. The van der Waals surface area contributed by atoms with Crippen molar-refractivity contribution in [2.75, 3.05) is 11.6 Å². The van der Waals surface area contributed by atoms with Gasteiger partial charge in [0.2, 0.25) is 5.91 Å². The number of sulfone groups is 1. The number of hydrogen-bond donors (Lipinski definition) is 2. The molecule has 1 amide bonds. The van der Waals surface area contributed by atoms with Gasteiger partial charge in [-0.1, -0.05) is 17.7 Å². The lowest BCUT2D eigenvalue weighted by Gasteiger charge is -2.22. The Morgan fingerprint density at radius 2 is 1.85 bits per heavy atom. The van der Waals surface area contributed by atoms with Gasteiger partial charge in [-0.05, 0) is 26.0 Å². The minimum atomic E-state index is -3.67. The molecule has 0 aliphatic heterocycles. The molecule has 0 fully saturated rings. The average Bonchev–Trinajstić information content (AvgIpc) is 2.29. The van der Waals surface area contributed by atoms with Crippen LogP contribution < -0.4 is 5.32 Å². The zero-order chi connectivity index (χ0) is 15.7. The first kappa shape index (κ1) is 16.5. The Morgan fingerprint density at radius 1 is 1.30 bits per heavy atom. The molecule has 0 spiro atoms. The maximum absolute atomic E-state index is 12.1. The molecule has 8 heteroatoms. The molecular weight excluding hydrogens is 306 g/mol. The van der Waals surface area contributed by atoms with Crippen molar-refractivity contribution in [2.24, 2.45) is 0 Å². The van der Waals surface area contributed by atoms with Gasteiger partial charge in [0, 0.05) is 6.26 Å². The quantitative estimate of drug-likeness (QED) is 0.881. The number of carbonyl (C=O) groups is 2. The van der Waals surface area contributed by atoms with Crippen molar-refractivity contribution in [2.45, 2.75) is 18.6 Å². The van der Waals surface area contributed by atoms with Crippen LogP contribution in [-0.2, 0) is 14.6 Å². The van der Waals surface area contributed by atoms with E-state index in [2.05, 4.69) is 5.32 Å². The number of anilines is 1. The van der Waals surface area contributed by atoms with E-state index in [1.165, 1.54) is 32.0 Å². The molecule has 110 valence electrons. The molecular formula is C12H14ClNO5S. The van der Waals surface area contributed by atoms with Crippen LogP contribution in [0.4, 0.5) is 5.69 Å². The average molecular weight is 320 g/mol. The number of benzene rings is 1. The second kappa shape index (κ2) is 5.41. The molecule has 0 saturated carbocycles. The Kier molecular flexibility index (Phi) is 4.45. The standard InChI is InChI=1S/C12H14ClNO5S/c1-12(2,20(3,18)19)11(17)14-9-7(10(15)16)5-4-6-8(9)13/h4-6H,1-3H3,(H,14,17)(H,15,16). The highest BCUT2D eigenvalue weighted by Gasteiger charge is 2.39. The van der Waals surface area contributed by atoms with E-state index in [0.29, 0.717) is 0 Å². The first-order valence-electron chi connectivity index (χ1n) is 5.51. The second-order valence-electron chi connectivity index (χ2n) is 4.70. The second-order valence-corrected chi connectivity index (χ2v) is 7.68. The number of carbonyl (C=O) groups excluding carboxylic acids is 1. The van der Waals surface area contributed by atoms with Crippen LogP contribution in [0.25, 0.3) is 0 Å². The number of halogens is 1. The number of carboxylic acid groups (broad SMARTS) is 1. The normalized spacial score (nSPS) is 12.0. The topological polar surface area (TPSA) is 101 Å². The monoisotopic (exact) mass is 319 g/mol. The summed E-state index contributed by atoms with van der Waals surface area (Å²) in [5.41, 5.74) is -0.335. The lowest BCUT2D eigenvalue weighted by molar-refractivity contribution is -0.117. The number of hydrogen-bond acceptors (Lipinski definition) is 4. The summed E-state index contributed by atoms with van der Waals surface area (Å²) in [6.07, 6.45) is 0.928. The molecule has 2 N–H and O–H groups in total. The molecule has 0 heterocycles. The molecule has 0 bridgehead atoms. The Bertz CT molecular complexity index is 666. The summed E-state index contributed by atoms with van der Waals surface area (Å²) in [5.74, 6) is -2.13. The smallest absolute Gasteiger partial charge is 0.337 e. The predicted molar refractivity (Wildman–Crippen MR) is 76.0 cm³/mol. The Morgan fingerprint density at radius 3 is 2.30 bits per heavy atom. The fourth-order valence-electron chi connectivity index (χ4n) is 1.26. The molecule has 20 heavy (non-hydrogen) atoms. The van der Waals surface area contributed by atoms with Gasteiger partial charge < -0.3 is 10.4 Å². The van der Waals surface area contributed by atoms with Gasteiger partial charge in [0.05, 0.1) is 16.3 Å². The highest BCUT2D eigenvalue weighted by atomic mass is 35.5. The Hall–Kier alpha value is -1.60. The predicted octanol–water partition coefficient (Wildman–Crippen LogP) is 1.80. The van der Waals surface area contributed by atoms with Crippen LogP contribution in [0.5, 0.6) is 0 Å². The minimum absolute atomic E-state index is 0.0163. The van der Waals surface area contributed by atoms with E-state index in [0.717, 1.165) is 6.26 Å². The fourth-order valence-corrected chi connectivity index (χ4v) is 1.87. The molecule has 0 unspecified atom stereocenters. The summed E-state index contributed by atoms with van der Waals surface area (Å²) < 4.78 is 21.5. The van der Waals surface area contributed by atoms with Crippen molar-refractivity contribution in [3.63, 3.8) is 0 Å². The van der Waals surface area contributed by atoms with Crippen LogP contribution in [0, 0.1) is 0 Å². The van der Waals surface area contributed by atoms with Crippen LogP contribution in [0.15, 0.2) is 18.2 Å². The van der Waals surface area contributed by atoms with E-state index in [-0.39, 0.29) is 16.3 Å². The van der Waals surface area contributed by atoms with Gasteiger partial charge in [0.1, 0.15) is 4.75 Å². The zero-order valence-electron chi connectivity index (χ0n) is 11.1. The summed E-state index contributed by atoms with van der Waals surface area (Å²) in [7, 11) is -3.67. The summed E-state index contributed by atoms with van der Waals surface area (Å²) >= 11 is 5.85. The van der Waals surface area contributed by atoms with E-state index < -0.39 is 26.5 Å². The number of para-hydroxylation sites is 1. The molecule has 0 radical (unpaired) electrons. The van der Waals surface area contributed by atoms with E-state index in [1.54, 1.807) is 0 Å². The van der Waals surface area contributed by atoms with Gasteiger partial charge in [0.15, 0.2) is 9.84 Å². The van der Waals surface area contributed by atoms with E-state index >= 15 is 0 Å². The fraction of sp³-hybridized carbons (Fsp3) is 0.333. The molecule has 0 atom stereocenters. The zero-order valence-corrected chi connectivity index (χ0v) is 12.7. The Balaban J connectivity index is 3.25. The van der Waals surface area contributed by atoms with Gasteiger partial charge in [-0.25, -0.2) is 13.2 Å². The summed E-state index contributed by atoms with van der Waals surface area (Å²) in [4.78, 5) is 23.1. The lowest BCUT2D eigenvalue weighted by atomic mass is 10.1. The molecule has 0 saturated heterocycles. The number of nitrogens with one attached hydrogen (secondary N) is 1. The lowest BCUT2D eigenvalue weighted by Crippen LogP contribution is -2.44. The van der Waals surface area contributed by atoms with E-state index in [9.17, 15) is 18.0 Å². The largest absolute Gasteiger partial charge is 0.478 e. The third-order valence-corrected chi connectivity index (χ3v) is 5.31. The molecule has 0 aliphatic rings. The third-order valence-electron chi connectivity index (χ3n) is 2.96. The van der Waals surface area contributed by atoms with Gasteiger partial charge in [0.25, 0.3) is 0 Å². The van der Waals surface area contributed by atoms with Crippen molar-refractivity contribution in [3.8, 4) is 0 Å². The van der Waals surface area contributed by atoms with Gasteiger partial charge in [-0.15, -0.1) is 0 Å². The summed E-state index contributed by atoms with van der Waals surface area (Å²) in [6.45, 7) is 2.46. The highest BCUT2D eigenvalue weighted by Crippen LogP contribution is 2.28. The maximum atomic E-state index is 12.1. The first-order chi connectivity index (χ1) is 8.98. The summed E-state index contributed by atoms with van der Waals surface area (Å²) in [6, 6.07) is 4.08. The molecule has 1 aromatic rings. The summed E-state index contributed by atoms with van der Waals surface area (Å²) in [5, 5.41) is 11.3. The minimum Gasteiger partial charge on any atom is -0.478 e. The van der Waals surface area contributed by atoms with E-state index in [1.807, 2.05) is 0 Å². The van der Waals surface area contributed by atoms with Crippen LogP contribution in [0.1, 0.15) is 24.2 Å². The van der Waals surface area contributed by atoms with Crippen LogP contribution in [0.2, 0.25) is 5.02 Å². The van der Waals surface area contributed by atoms with Crippen LogP contribution in [-0.4, -0.2) is 36.4 Å². The Labute approximate surface area is 121 Å². The van der Waals surface area contributed by atoms with Crippen LogP contribution in [0.3, 0.4) is 0 Å².